The lowest BCUT2D eigenvalue weighted by molar-refractivity contribution is -0.137. The van der Waals surface area contributed by atoms with Crippen LogP contribution >= 0.6 is 0 Å². The summed E-state index contributed by atoms with van der Waals surface area (Å²) in [6, 6.07) is 4.56. The summed E-state index contributed by atoms with van der Waals surface area (Å²) in [4.78, 5) is 12.3. The van der Waals surface area contributed by atoms with Gasteiger partial charge in [0.05, 0.1) is 11.6 Å². The molecule has 3 unspecified atom stereocenters. The van der Waals surface area contributed by atoms with Crippen LogP contribution in [0.25, 0.3) is 0 Å². The molecule has 126 valence electrons. The van der Waals surface area contributed by atoms with Gasteiger partial charge in [0.2, 0.25) is 5.91 Å². The fourth-order valence-electron chi connectivity index (χ4n) is 2.94. The van der Waals surface area contributed by atoms with Gasteiger partial charge in [-0.3, -0.25) is 10.2 Å². The number of hydrazine groups is 1. The second-order valence-corrected chi connectivity index (χ2v) is 6.37. The predicted molar refractivity (Wildman–Crippen MR) is 79.2 cm³/mol. The number of rotatable bonds is 4. The molecule has 0 radical (unpaired) electrons. The monoisotopic (exact) mass is 327 g/mol. The zero-order valence-electron chi connectivity index (χ0n) is 12.8. The molecule has 1 amide bonds. The number of benzene rings is 1. The maximum Gasteiger partial charge on any atom is 0.416 e. The van der Waals surface area contributed by atoms with Crippen LogP contribution in [0.1, 0.15) is 43.4 Å². The van der Waals surface area contributed by atoms with Crippen molar-refractivity contribution in [2.45, 2.75) is 50.5 Å². The van der Waals surface area contributed by atoms with Crippen molar-refractivity contribution < 1.29 is 18.0 Å². The first-order chi connectivity index (χ1) is 10.8. The molecule has 2 aliphatic rings. The minimum absolute atomic E-state index is 0.189. The minimum Gasteiger partial charge on any atom is -0.348 e. The van der Waals surface area contributed by atoms with Crippen LogP contribution in [0.4, 0.5) is 13.2 Å². The summed E-state index contributed by atoms with van der Waals surface area (Å²) in [5.41, 5.74) is 5.85. The Morgan fingerprint density at radius 3 is 2.70 bits per heavy atom. The van der Waals surface area contributed by atoms with Gasteiger partial charge < -0.3 is 5.32 Å². The molecule has 23 heavy (non-hydrogen) atoms. The van der Waals surface area contributed by atoms with E-state index in [0.29, 0.717) is 23.9 Å². The van der Waals surface area contributed by atoms with Crippen molar-refractivity contribution in [3.8, 4) is 0 Å². The molecule has 0 aromatic heterocycles. The zero-order valence-corrected chi connectivity index (χ0v) is 12.8. The standard InChI is InChI=1S/C16H20F3N3O/c1-9(11-3-2-4-12(7-11)16(17,18)19)20-15(23)14-8-13(21-22-14)10-5-6-10/h2-4,7,9-10,13-14,21-22H,5-6,8H2,1H3,(H,20,23). The van der Waals surface area contributed by atoms with Crippen LogP contribution in [0.5, 0.6) is 0 Å². The van der Waals surface area contributed by atoms with Gasteiger partial charge in [-0.2, -0.15) is 13.2 Å². The molecule has 2 fully saturated rings. The Morgan fingerprint density at radius 1 is 1.30 bits per heavy atom. The van der Waals surface area contributed by atoms with E-state index in [1.54, 1.807) is 13.0 Å². The Morgan fingerprint density at radius 2 is 2.04 bits per heavy atom. The average molecular weight is 327 g/mol. The molecule has 0 bridgehead atoms. The third kappa shape index (κ3) is 3.84. The van der Waals surface area contributed by atoms with Gasteiger partial charge in [-0.15, -0.1) is 0 Å². The van der Waals surface area contributed by atoms with Gasteiger partial charge in [-0.1, -0.05) is 12.1 Å². The molecular weight excluding hydrogens is 307 g/mol. The molecule has 3 rings (SSSR count). The van der Waals surface area contributed by atoms with E-state index in [1.165, 1.54) is 18.9 Å². The van der Waals surface area contributed by atoms with Gasteiger partial charge in [-0.05, 0) is 49.8 Å². The van der Waals surface area contributed by atoms with Crippen LogP contribution in [-0.2, 0) is 11.0 Å². The topological polar surface area (TPSA) is 53.2 Å². The third-order valence-corrected chi connectivity index (χ3v) is 4.51. The Hall–Kier alpha value is -1.60. The van der Waals surface area contributed by atoms with Crippen molar-refractivity contribution in [3.63, 3.8) is 0 Å². The van der Waals surface area contributed by atoms with E-state index in [4.69, 9.17) is 0 Å². The van der Waals surface area contributed by atoms with Gasteiger partial charge >= 0.3 is 6.18 Å². The van der Waals surface area contributed by atoms with Crippen molar-refractivity contribution in [1.82, 2.24) is 16.2 Å². The van der Waals surface area contributed by atoms with Crippen LogP contribution in [-0.4, -0.2) is 18.0 Å². The van der Waals surface area contributed by atoms with E-state index >= 15 is 0 Å². The fraction of sp³-hybridized carbons (Fsp3) is 0.562. The highest BCUT2D eigenvalue weighted by atomic mass is 19.4. The van der Waals surface area contributed by atoms with E-state index in [9.17, 15) is 18.0 Å². The molecular formula is C16H20F3N3O. The van der Waals surface area contributed by atoms with Gasteiger partial charge in [0.25, 0.3) is 0 Å². The number of nitrogens with one attached hydrogen (secondary N) is 3. The number of carbonyl (C=O) groups is 1. The smallest absolute Gasteiger partial charge is 0.348 e. The van der Waals surface area contributed by atoms with Gasteiger partial charge in [0.1, 0.15) is 6.04 Å². The van der Waals surface area contributed by atoms with Crippen molar-refractivity contribution in [1.29, 1.82) is 0 Å². The maximum absolute atomic E-state index is 12.8. The largest absolute Gasteiger partial charge is 0.416 e. The van der Waals surface area contributed by atoms with E-state index in [-0.39, 0.29) is 11.9 Å². The van der Waals surface area contributed by atoms with Crippen LogP contribution in [0, 0.1) is 5.92 Å². The lowest BCUT2D eigenvalue weighted by Gasteiger charge is -2.18. The molecule has 1 saturated heterocycles. The molecule has 1 aliphatic heterocycles. The van der Waals surface area contributed by atoms with Crippen LogP contribution in [0.15, 0.2) is 24.3 Å². The molecule has 7 heteroatoms. The summed E-state index contributed by atoms with van der Waals surface area (Å²) in [6.07, 6.45) is -1.29. The van der Waals surface area contributed by atoms with Crippen LogP contribution in [0.2, 0.25) is 0 Å². The molecule has 1 aliphatic carbocycles. The zero-order chi connectivity index (χ0) is 16.6. The molecule has 4 nitrogen and oxygen atoms in total. The van der Waals surface area contributed by atoms with E-state index in [0.717, 1.165) is 12.1 Å². The SMILES string of the molecule is CC(NC(=O)C1CC(C2CC2)NN1)c1cccc(C(F)(F)F)c1. The van der Waals surface area contributed by atoms with Gasteiger partial charge in [0.15, 0.2) is 0 Å². The van der Waals surface area contributed by atoms with E-state index < -0.39 is 17.8 Å². The van der Waals surface area contributed by atoms with Crippen molar-refractivity contribution in [3.05, 3.63) is 35.4 Å². The van der Waals surface area contributed by atoms with Crippen LogP contribution < -0.4 is 16.2 Å². The number of halogens is 3. The maximum atomic E-state index is 12.8. The molecule has 1 aromatic rings. The summed E-state index contributed by atoms with van der Waals surface area (Å²) in [7, 11) is 0. The summed E-state index contributed by atoms with van der Waals surface area (Å²) >= 11 is 0. The highest BCUT2D eigenvalue weighted by Crippen LogP contribution is 2.35. The summed E-state index contributed by atoms with van der Waals surface area (Å²) < 4.78 is 38.3. The first kappa shape index (κ1) is 16.3. The van der Waals surface area contributed by atoms with Crippen molar-refractivity contribution in [2.75, 3.05) is 0 Å². The summed E-state index contributed by atoms with van der Waals surface area (Å²) in [5, 5.41) is 2.79. The lowest BCUT2D eigenvalue weighted by atomic mass is 10.0. The van der Waals surface area contributed by atoms with Crippen molar-refractivity contribution >= 4 is 5.91 Å². The van der Waals surface area contributed by atoms with Crippen molar-refractivity contribution in [2.24, 2.45) is 5.92 Å². The Labute approximate surface area is 132 Å². The molecule has 1 heterocycles. The Kier molecular flexibility index (Phi) is 4.33. The number of hydrogen-bond acceptors (Lipinski definition) is 3. The molecule has 0 spiro atoms. The first-order valence-electron chi connectivity index (χ1n) is 7.83. The highest BCUT2D eigenvalue weighted by molar-refractivity contribution is 5.82. The first-order valence-corrected chi connectivity index (χ1v) is 7.83. The van der Waals surface area contributed by atoms with E-state index in [2.05, 4.69) is 16.2 Å². The second kappa shape index (κ2) is 6.13. The molecule has 3 N–H and O–H groups in total. The number of carbonyl (C=O) groups excluding carboxylic acids is 1. The normalized spacial score (nSPS) is 26.1. The summed E-state index contributed by atoms with van der Waals surface area (Å²) in [6.45, 7) is 1.69. The molecule has 1 aromatic carbocycles. The molecule has 3 atom stereocenters. The lowest BCUT2D eigenvalue weighted by Crippen LogP contribution is -2.44. The van der Waals surface area contributed by atoms with Crippen LogP contribution in [0.3, 0.4) is 0 Å². The number of alkyl halides is 3. The minimum atomic E-state index is -4.38. The van der Waals surface area contributed by atoms with Gasteiger partial charge in [-0.25, -0.2) is 5.43 Å². The average Bonchev–Trinajstić information content (AvgIpc) is 3.23. The Balaban J connectivity index is 1.60. The fourth-order valence-corrected chi connectivity index (χ4v) is 2.94. The Bertz CT molecular complexity index is 586. The van der Waals surface area contributed by atoms with E-state index in [1.807, 2.05) is 0 Å². The summed E-state index contributed by atoms with van der Waals surface area (Å²) in [5.74, 6) is 0.451. The van der Waals surface area contributed by atoms with Gasteiger partial charge in [0, 0.05) is 6.04 Å². The molecule has 1 saturated carbocycles. The quantitative estimate of drug-likeness (QED) is 0.796. The number of hydrogen-bond donors (Lipinski definition) is 3. The number of amides is 1. The third-order valence-electron chi connectivity index (χ3n) is 4.51. The predicted octanol–water partition coefficient (Wildman–Crippen LogP) is 2.53. The second-order valence-electron chi connectivity index (χ2n) is 6.37. The highest BCUT2D eigenvalue weighted by Gasteiger charge is 2.39.